The number of allylic oxidation sites excluding steroid dienone is 2. The molecule has 2 aromatic carbocycles. The summed E-state index contributed by atoms with van der Waals surface area (Å²) in [6, 6.07) is 13.3. The van der Waals surface area contributed by atoms with Gasteiger partial charge in [0.05, 0.1) is 17.0 Å². The van der Waals surface area contributed by atoms with Crippen LogP contribution in [0.25, 0.3) is 11.1 Å². The van der Waals surface area contributed by atoms with E-state index in [0.29, 0.717) is 15.7 Å². The predicted molar refractivity (Wildman–Crippen MR) is 105 cm³/mol. The van der Waals surface area contributed by atoms with Gasteiger partial charge in [-0.1, -0.05) is 29.8 Å². The van der Waals surface area contributed by atoms with Crippen LogP contribution in [0.3, 0.4) is 0 Å². The van der Waals surface area contributed by atoms with Crippen molar-refractivity contribution in [2.45, 2.75) is 30.6 Å². The molecule has 1 fully saturated rings. The van der Waals surface area contributed by atoms with E-state index in [9.17, 15) is 8.42 Å². The third-order valence-corrected chi connectivity index (χ3v) is 7.03. The molecule has 0 bridgehead atoms. The van der Waals surface area contributed by atoms with E-state index < -0.39 is 9.84 Å². The average Bonchev–Trinajstić information content (AvgIpc) is 3.27. The van der Waals surface area contributed by atoms with Gasteiger partial charge in [0.25, 0.3) is 0 Å². The molecule has 4 rings (SSSR count). The molecule has 0 unspecified atom stereocenters. The van der Waals surface area contributed by atoms with E-state index in [0.717, 1.165) is 24.0 Å². The van der Waals surface area contributed by atoms with E-state index in [2.05, 4.69) is 6.07 Å². The fourth-order valence-electron chi connectivity index (χ4n) is 4.08. The standard InChI is InChI=1S/C21H21ClO3S/c1-25-19-8-5-15(13-18(19)22)17-9-10-21(11-12-21)20(17)14-3-6-16(7-4-14)26(2,23)24/h3-8,13H,9-12H2,1-2H3. The van der Waals surface area contributed by atoms with Gasteiger partial charge in [-0.15, -0.1) is 0 Å². The highest BCUT2D eigenvalue weighted by Gasteiger charge is 2.50. The maximum atomic E-state index is 11.8. The molecule has 0 N–H and O–H groups in total. The smallest absolute Gasteiger partial charge is 0.175 e. The zero-order valence-corrected chi connectivity index (χ0v) is 16.5. The van der Waals surface area contributed by atoms with Crippen molar-refractivity contribution in [1.29, 1.82) is 0 Å². The van der Waals surface area contributed by atoms with E-state index in [1.54, 1.807) is 19.2 Å². The van der Waals surface area contributed by atoms with E-state index in [1.165, 1.54) is 30.2 Å². The third kappa shape index (κ3) is 2.95. The van der Waals surface area contributed by atoms with Crippen LogP contribution >= 0.6 is 11.6 Å². The molecule has 0 aliphatic heterocycles. The summed E-state index contributed by atoms with van der Waals surface area (Å²) in [6.07, 6.45) is 5.80. The minimum atomic E-state index is -3.18. The highest BCUT2D eigenvalue weighted by Crippen LogP contribution is 2.65. The molecule has 0 aromatic heterocycles. The van der Waals surface area contributed by atoms with Crippen LogP contribution in [-0.4, -0.2) is 21.8 Å². The van der Waals surface area contributed by atoms with Gasteiger partial charge in [0, 0.05) is 6.26 Å². The van der Waals surface area contributed by atoms with Gasteiger partial charge in [-0.2, -0.15) is 0 Å². The van der Waals surface area contributed by atoms with Crippen LogP contribution in [0.1, 0.15) is 36.8 Å². The summed E-state index contributed by atoms with van der Waals surface area (Å²) in [6.45, 7) is 0. The van der Waals surface area contributed by atoms with Gasteiger partial charge < -0.3 is 4.74 Å². The van der Waals surface area contributed by atoms with Crippen molar-refractivity contribution in [3.63, 3.8) is 0 Å². The normalized spacial score (nSPS) is 18.4. The van der Waals surface area contributed by atoms with E-state index in [-0.39, 0.29) is 5.41 Å². The number of ether oxygens (including phenoxy) is 1. The molecule has 5 heteroatoms. The van der Waals surface area contributed by atoms with Gasteiger partial charge in [-0.05, 0) is 77.6 Å². The number of hydrogen-bond donors (Lipinski definition) is 0. The van der Waals surface area contributed by atoms with Gasteiger partial charge >= 0.3 is 0 Å². The maximum absolute atomic E-state index is 11.8. The van der Waals surface area contributed by atoms with Crippen molar-refractivity contribution < 1.29 is 13.2 Å². The molecule has 0 amide bonds. The molecule has 3 nitrogen and oxygen atoms in total. The average molecular weight is 389 g/mol. The summed E-state index contributed by atoms with van der Waals surface area (Å²) < 4.78 is 28.8. The Balaban J connectivity index is 1.82. The van der Waals surface area contributed by atoms with Gasteiger partial charge in [0.1, 0.15) is 5.75 Å². The molecule has 26 heavy (non-hydrogen) atoms. The fourth-order valence-corrected chi connectivity index (χ4v) is 4.97. The first kappa shape index (κ1) is 17.6. The SMILES string of the molecule is COc1ccc(C2=C(c3ccc(S(C)(=O)=O)cc3)C3(CC2)CC3)cc1Cl. The Hall–Kier alpha value is -1.78. The molecule has 1 spiro atoms. The van der Waals surface area contributed by atoms with Crippen LogP contribution in [0, 0.1) is 5.41 Å². The van der Waals surface area contributed by atoms with Crippen molar-refractivity contribution in [3.05, 3.63) is 58.6 Å². The third-order valence-electron chi connectivity index (χ3n) is 5.61. The zero-order valence-electron chi connectivity index (χ0n) is 14.9. The van der Waals surface area contributed by atoms with Crippen molar-refractivity contribution in [2.75, 3.05) is 13.4 Å². The number of rotatable bonds is 4. The van der Waals surface area contributed by atoms with Crippen LogP contribution < -0.4 is 4.74 Å². The van der Waals surface area contributed by atoms with Crippen molar-refractivity contribution in [3.8, 4) is 5.75 Å². The van der Waals surface area contributed by atoms with Crippen LogP contribution in [-0.2, 0) is 9.84 Å². The Kier molecular flexibility index (Phi) is 4.16. The van der Waals surface area contributed by atoms with Crippen LogP contribution in [0.5, 0.6) is 5.75 Å². The number of benzene rings is 2. The van der Waals surface area contributed by atoms with Gasteiger partial charge in [0.2, 0.25) is 0 Å². The lowest BCUT2D eigenvalue weighted by atomic mass is 9.89. The molecule has 0 heterocycles. The van der Waals surface area contributed by atoms with Crippen molar-refractivity contribution in [2.24, 2.45) is 5.41 Å². The zero-order chi connectivity index (χ0) is 18.5. The fraction of sp³-hybridized carbons (Fsp3) is 0.333. The van der Waals surface area contributed by atoms with Crippen molar-refractivity contribution >= 4 is 32.6 Å². The molecule has 0 radical (unpaired) electrons. The lowest BCUT2D eigenvalue weighted by molar-refractivity contribution is 0.415. The summed E-state index contributed by atoms with van der Waals surface area (Å²) >= 11 is 6.35. The van der Waals surface area contributed by atoms with E-state index in [1.807, 2.05) is 24.3 Å². The minimum absolute atomic E-state index is 0.258. The molecule has 0 saturated heterocycles. The number of sulfone groups is 1. The first-order valence-electron chi connectivity index (χ1n) is 8.72. The topological polar surface area (TPSA) is 43.4 Å². The molecular weight excluding hydrogens is 368 g/mol. The second kappa shape index (κ2) is 6.14. The summed E-state index contributed by atoms with van der Waals surface area (Å²) in [5, 5.41) is 0.612. The Labute approximate surface area is 159 Å². The van der Waals surface area contributed by atoms with Crippen LogP contribution in [0.2, 0.25) is 5.02 Å². The quantitative estimate of drug-likeness (QED) is 0.719. The predicted octanol–water partition coefficient (Wildman–Crippen LogP) is 5.24. The molecular formula is C21H21ClO3S. The molecule has 2 aliphatic carbocycles. The Morgan fingerprint density at radius 2 is 1.65 bits per heavy atom. The minimum Gasteiger partial charge on any atom is -0.495 e. The Morgan fingerprint density at radius 3 is 2.19 bits per heavy atom. The van der Waals surface area contributed by atoms with Gasteiger partial charge in [-0.3, -0.25) is 0 Å². The summed E-state index contributed by atoms with van der Waals surface area (Å²) in [5.74, 6) is 0.675. The molecule has 2 aromatic rings. The Bertz CT molecular complexity index is 1000. The Morgan fingerprint density at radius 1 is 1.00 bits per heavy atom. The second-order valence-corrected chi connectivity index (χ2v) is 9.70. The van der Waals surface area contributed by atoms with Crippen LogP contribution in [0.4, 0.5) is 0 Å². The van der Waals surface area contributed by atoms with Crippen LogP contribution in [0.15, 0.2) is 47.4 Å². The number of hydrogen-bond acceptors (Lipinski definition) is 3. The lowest BCUT2D eigenvalue weighted by Gasteiger charge is -2.16. The molecule has 1 saturated carbocycles. The highest BCUT2D eigenvalue weighted by atomic mass is 35.5. The first-order chi connectivity index (χ1) is 12.3. The highest BCUT2D eigenvalue weighted by molar-refractivity contribution is 7.90. The van der Waals surface area contributed by atoms with E-state index >= 15 is 0 Å². The largest absolute Gasteiger partial charge is 0.495 e. The summed E-state index contributed by atoms with van der Waals surface area (Å²) in [4.78, 5) is 0.360. The second-order valence-electron chi connectivity index (χ2n) is 7.28. The maximum Gasteiger partial charge on any atom is 0.175 e. The number of methoxy groups -OCH3 is 1. The van der Waals surface area contributed by atoms with Gasteiger partial charge in [-0.25, -0.2) is 8.42 Å². The summed E-state index contributed by atoms with van der Waals surface area (Å²) in [7, 11) is -1.57. The molecule has 0 atom stereocenters. The van der Waals surface area contributed by atoms with Crippen molar-refractivity contribution in [1.82, 2.24) is 0 Å². The lowest BCUT2D eigenvalue weighted by Crippen LogP contribution is -2.01. The molecule has 2 aliphatic rings. The first-order valence-corrected chi connectivity index (χ1v) is 11.0. The monoisotopic (exact) mass is 388 g/mol. The molecule has 136 valence electrons. The van der Waals surface area contributed by atoms with Gasteiger partial charge in [0.15, 0.2) is 9.84 Å². The van der Waals surface area contributed by atoms with E-state index in [4.69, 9.17) is 16.3 Å². The number of halogens is 1. The summed E-state index contributed by atoms with van der Waals surface area (Å²) in [5.41, 5.74) is 5.18.